The third-order valence-corrected chi connectivity index (χ3v) is 2.26. The Kier molecular flexibility index (Phi) is 1.34. The lowest BCUT2D eigenvalue weighted by molar-refractivity contribution is 0.306. The van der Waals surface area contributed by atoms with E-state index in [1.807, 2.05) is 18.3 Å². The highest BCUT2D eigenvalue weighted by Crippen LogP contribution is 2.23. The summed E-state index contributed by atoms with van der Waals surface area (Å²) in [6, 6.07) is 0.472. The van der Waals surface area contributed by atoms with Crippen LogP contribution in [-0.4, -0.2) is 24.3 Å². The molecule has 2 unspecified atom stereocenters. The van der Waals surface area contributed by atoms with Crippen molar-refractivity contribution in [2.45, 2.75) is 13.0 Å². The molecule has 1 aliphatic carbocycles. The summed E-state index contributed by atoms with van der Waals surface area (Å²) in [4.78, 5) is 0. The van der Waals surface area contributed by atoms with E-state index < -0.39 is 0 Å². The highest BCUT2D eigenvalue weighted by atomic mass is 15.5. The van der Waals surface area contributed by atoms with E-state index in [0.717, 1.165) is 0 Å². The zero-order chi connectivity index (χ0) is 7.84. The summed E-state index contributed by atoms with van der Waals surface area (Å²) >= 11 is 0. The topological polar surface area (TPSA) is 15.6 Å². The van der Waals surface area contributed by atoms with Gasteiger partial charge in [-0.1, -0.05) is 23.8 Å². The van der Waals surface area contributed by atoms with Crippen molar-refractivity contribution in [2.24, 2.45) is 11.0 Å². The Morgan fingerprint density at radius 1 is 1.55 bits per heavy atom. The fourth-order valence-electron chi connectivity index (χ4n) is 1.57. The first kappa shape index (κ1) is 6.65. The summed E-state index contributed by atoms with van der Waals surface area (Å²) in [6.07, 6.45) is 8.64. The van der Waals surface area contributed by atoms with Gasteiger partial charge in [-0.05, 0) is 6.92 Å². The minimum atomic E-state index is 0.472. The molecule has 2 rings (SSSR count). The molecular formula is C9H12N2. The summed E-state index contributed by atoms with van der Waals surface area (Å²) < 4.78 is 0. The predicted octanol–water partition coefficient (Wildman–Crippen LogP) is 1.42. The summed E-state index contributed by atoms with van der Waals surface area (Å²) in [5.74, 6) is 0.503. The molecule has 0 saturated heterocycles. The molecule has 2 heteroatoms. The van der Waals surface area contributed by atoms with Gasteiger partial charge in [0, 0.05) is 19.2 Å². The minimum Gasteiger partial charge on any atom is -0.293 e. The van der Waals surface area contributed by atoms with Crippen molar-refractivity contribution < 1.29 is 0 Å². The smallest absolute Gasteiger partial charge is 0.0766 e. The molecule has 58 valence electrons. The van der Waals surface area contributed by atoms with Crippen LogP contribution in [0.25, 0.3) is 0 Å². The Labute approximate surface area is 66.9 Å². The highest BCUT2D eigenvalue weighted by molar-refractivity contribution is 5.68. The monoisotopic (exact) mass is 148 g/mol. The van der Waals surface area contributed by atoms with E-state index in [4.69, 9.17) is 0 Å². The Morgan fingerprint density at radius 2 is 2.36 bits per heavy atom. The van der Waals surface area contributed by atoms with Crippen LogP contribution in [0.4, 0.5) is 0 Å². The van der Waals surface area contributed by atoms with Gasteiger partial charge in [-0.15, -0.1) is 0 Å². The first-order valence-electron chi connectivity index (χ1n) is 3.91. The Balaban J connectivity index is 2.27. The van der Waals surface area contributed by atoms with Crippen molar-refractivity contribution >= 4 is 6.21 Å². The minimum absolute atomic E-state index is 0.472. The molecule has 2 aliphatic rings. The molecule has 11 heavy (non-hydrogen) atoms. The zero-order valence-corrected chi connectivity index (χ0v) is 6.86. The molecule has 2 atom stereocenters. The van der Waals surface area contributed by atoms with Crippen LogP contribution in [0.15, 0.2) is 28.9 Å². The summed E-state index contributed by atoms with van der Waals surface area (Å²) in [5.41, 5.74) is 1.34. The molecule has 0 saturated carbocycles. The predicted molar refractivity (Wildman–Crippen MR) is 46.4 cm³/mol. The van der Waals surface area contributed by atoms with Crippen molar-refractivity contribution in [3.8, 4) is 0 Å². The van der Waals surface area contributed by atoms with Gasteiger partial charge in [-0.25, -0.2) is 0 Å². The van der Waals surface area contributed by atoms with Crippen LogP contribution in [0, 0.1) is 5.92 Å². The maximum Gasteiger partial charge on any atom is 0.0766 e. The van der Waals surface area contributed by atoms with Crippen molar-refractivity contribution in [1.82, 2.24) is 5.01 Å². The van der Waals surface area contributed by atoms with Gasteiger partial charge in [0.05, 0.1) is 6.04 Å². The first-order valence-corrected chi connectivity index (χ1v) is 3.91. The molecule has 0 aromatic heterocycles. The lowest BCUT2D eigenvalue weighted by Crippen LogP contribution is -2.27. The number of allylic oxidation sites excluding steroid dienone is 2. The van der Waals surface area contributed by atoms with Crippen LogP contribution in [0.3, 0.4) is 0 Å². The van der Waals surface area contributed by atoms with Crippen molar-refractivity contribution in [1.29, 1.82) is 0 Å². The van der Waals surface area contributed by atoms with Crippen molar-refractivity contribution in [3.05, 3.63) is 23.8 Å². The van der Waals surface area contributed by atoms with Crippen LogP contribution in [0.1, 0.15) is 6.92 Å². The second-order valence-electron chi connectivity index (χ2n) is 3.18. The summed E-state index contributed by atoms with van der Waals surface area (Å²) in [5, 5.41) is 6.24. The largest absolute Gasteiger partial charge is 0.293 e. The lowest BCUT2D eigenvalue weighted by atomic mass is 9.94. The standard InChI is InChI=1S/C9H12N2/c1-7-3-4-8-6-10-11(2)9(8)5-7/h3-6,8-9H,1-2H3. The molecule has 0 fully saturated rings. The van der Waals surface area contributed by atoms with Gasteiger partial charge in [-0.2, -0.15) is 5.10 Å². The van der Waals surface area contributed by atoms with Crippen LogP contribution in [-0.2, 0) is 0 Å². The van der Waals surface area contributed by atoms with Crippen molar-refractivity contribution in [3.63, 3.8) is 0 Å². The molecule has 0 aromatic carbocycles. The van der Waals surface area contributed by atoms with Crippen LogP contribution < -0.4 is 0 Å². The second-order valence-corrected chi connectivity index (χ2v) is 3.18. The Hall–Kier alpha value is -1.05. The van der Waals surface area contributed by atoms with E-state index in [1.165, 1.54) is 5.57 Å². The van der Waals surface area contributed by atoms with Gasteiger partial charge in [0.15, 0.2) is 0 Å². The van der Waals surface area contributed by atoms with Crippen LogP contribution in [0.2, 0.25) is 0 Å². The molecule has 0 bridgehead atoms. The number of likely N-dealkylation sites (N-methyl/N-ethyl adjacent to an activating group) is 1. The van der Waals surface area contributed by atoms with E-state index in [2.05, 4.69) is 30.3 Å². The molecule has 0 amide bonds. The molecule has 1 aliphatic heterocycles. The third kappa shape index (κ3) is 0.985. The van der Waals surface area contributed by atoms with E-state index >= 15 is 0 Å². The first-order chi connectivity index (χ1) is 5.27. The second kappa shape index (κ2) is 2.22. The molecular weight excluding hydrogens is 136 g/mol. The fraction of sp³-hybridized carbons (Fsp3) is 0.444. The molecule has 1 heterocycles. The Morgan fingerprint density at radius 3 is 3.18 bits per heavy atom. The van der Waals surface area contributed by atoms with E-state index in [0.29, 0.717) is 12.0 Å². The number of hydrazone groups is 1. The number of nitrogens with zero attached hydrogens (tertiary/aromatic N) is 2. The molecule has 2 nitrogen and oxygen atoms in total. The third-order valence-electron chi connectivity index (χ3n) is 2.26. The van der Waals surface area contributed by atoms with Gasteiger partial charge in [-0.3, -0.25) is 5.01 Å². The molecule has 0 radical (unpaired) electrons. The van der Waals surface area contributed by atoms with Gasteiger partial charge < -0.3 is 0 Å². The quantitative estimate of drug-likeness (QED) is 0.507. The number of hydrogen-bond acceptors (Lipinski definition) is 2. The average Bonchev–Trinajstić information content (AvgIpc) is 2.33. The zero-order valence-electron chi connectivity index (χ0n) is 6.86. The summed E-state index contributed by atoms with van der Waals surface area (Å²) in [6.45, 7) is 2.12. The number of hydrogen-bond donors (Lipinski definition) is 0. The van der Waals surface area contributed by atoms with Gasteiger partial charge in [0.1, 0.15) is 0 Å². The molecule has 0 aromatic rings. The van der Waals surface area contributed by atoms with Gasteiger partial charge >= 0.3 is 0 Å². The van der Waals surface area contributed by atoms with Crippen LogP contribution >= 0.6 is 0 Å². The van der Waals surface area contributed by atoms with Crippen LogP contribution in [0.5, 0.6) is 0 Å². The van der Waals surface area contributed by atoms with Gasteiger partial charge in [0.2, 0.25) is 0 Å². The maximum atomic E-state index is 4.23. The lowest BCUT2D eigenvalue weighted by Gasteiger charge is -2.22. The fourth-order valence-corrected chi connectivity index (χ4v) is 1.57. The van der Waals surface area contributed by atoms with E-state index in [-0.39, 0.29) is 0 Å². The highest BCUT2D eigenvalue weighted by Gasteiger charge is 2.26. The number of rotatable bonds is 0. The molecule has 0 N–H and O–H groups in total. The molecule has 0 spiro atoms. The van der Waals surface area contributed by atoms with E-state index in [9.17, 15) is 0 Å². The van der Waals surface area contributed by atoms with E-state index in [1.54, 1.807) is 0 Å². The number of fused-ring (bicyclic) bond motifs is 1. The van der Waals surface area contributed by atoms with Crippen molar-refractivity contribution in [2.75, 3.05) is 7.05 Å². The average molecular weight is 148 g/mol. The Bertz CT molecular complexity index is 250. The summed E-state index contributed by atoms with van der Waals surface area (Å²) in [7, 11) is 2.02. The normalized spacial score (nSPS) is 34.0. The van der Waals surface area contributed by atoms with Gasteiger partial charge in [0.25, 0.3) is 0 Å². The maximum absolute atomic E-state index is 4.23. The SMILES string of the molecule is CC1=CC2C(C=C1)C=NN2C.